The lowest BCUT2D eigenvalue weighted by atomic mass is 9.99. The van der Waals surface area contributed by atoms with Gasteiger partial charge in [0.1, 0.15) is 11.5 Å². The molecule has 0 spiro atoms. The zero-order chi connectivity index (χ0) is 14.8. The molecule has 1 unspecified atom stereocenters. The maximum Gasteiger partial charge on any atom is 0.317 e. The quantitative estimate of drug-likeness (QED) is 0.478. The fourth-order valence-electron chi connectivity index (χ4n) is 1.40. The number of Topliss-reactive ketones (excluding diaryl/α,β-unsaturated/α-hetero) is 1. The minimum absolute atomic E-state index is 0.281. The van der Waals surface area contributed by atoms with Crippen LogP contribution in [0.2, 0.25) is 10.0 Å². The van der Waals surface area contributed by atoms with E-state index in [-0.39, 0.29) is 10.8 Å². The molecule has 0 fully saturated rings. The molecule has 0 heterocycles. The summed E-state index contributed by atoms with van der Waals surface area (Å²) in [6.45, 7) is 6.77. The number of ether oxygens (including phenoxy) is 1. The van der Waals surface area contributed by atoms with Gasteiger partial charge >= 0.3 is 5.97 Å². The van der Waals surface area contributed by atoms with Gasteiger partial charge in [0.2, 0.25) is 0 Å². The second-order valence-electron chi connectivity index (χ2n) is 5.25. The first-order valence-electron chi connectivity index (χ1n) is 5.84. The van der Waals surface area contributed by atoms with Crippen molar-refractivity contribution >= 4 is 35.0 Å². The van der Waals surface area contributed by atoms with Crippen LogP contribution in [0.3, 0.4) is 0 Å². The fraction of sp³-hybridized carbons (Fsp3) is 0.429. The Kier molecular flexibility index (Phi) is 4.99. The van der Waals surface area contributed by atoms with E-state index in [1.807, 2.05) is 0 Å². The first-order chi connectivity index (χ1) is 8.61. The van der Waals surface area contributed by atoms with Gasteiger partial charge in [0.25, 0.3) is 0 Å². The number of carbonyl (C=O) groups is 2. The van der Waals surface area contributed by atoms with Crippen molar-refractivity contribution in [3.8, 4) is 0 Å². The van der Waals surface area contributed by atoms with Crippen LogP contribution in [0.1, 0.15) is 38.1 Å². The number of halogens is 2. The van der Waals surface area contributed by atoms with Gasteiger partial charge in [-0.05, 0) is 45.9 Å². The molecule has 1 rings (SSSR count). The van der Waals surface area contributed by atoms with Crippen molar-refractivity contribution in [1.82, 2.24) is 0 Å². The Morgan fingerprint density at radius 2 is 1.74 bits per heavy atom. The minimum atomic E-state index is -0.878. The molecule has 5 heteroatoms. The summed E-state index contributed by atoms with van der Waals surface area (Å²) in [6.07, 6.45) is 0. The molecule has 0 N–H and O–H groups in total. The lowest BCUT2D eigenvalue weighted by molar-refractivity contribution is -0.157. The van der Waals surface area contributed by atoms with Crippen LogP contribution in [0.25, 0.3) is 0 Å². The van der Waals surface area contributed by atoms with Crippen molar-refractivity contribution < 1.29 is 14.3 Å². The summed E-state index contributed by atoms with van der Waals surface area (Å²) in [6, 6.07) is 4.52. The van der Waals surface area contributed by atoms with Crippen molar-refractivity contribution in [1.29, 1.82) is 0 Å². The fourth-order valence-corrected chi connectivity index (χ4v) is 1.69. The highest BCUT2D eigenvalue weighted by molar-refractivity contribution is 6.42. The Morgan fingerprint density at radius 1 is 1.16 bits per heavy atom. The first kappa shape index (κ1) is 16.0. The molecule has 0 aliphatic heterocycles. The molecular formula is C14H16Cl2O3. The molecule has 1 aromatic rings. The van der Waals surface area contributed by atoms with Gasteiger partial charge in [-0.15, -0.1) is 0 Å². The van der Waals surface area contributed by atoms with Crippen LogP contribution < -0.4 is 0 Å². The van der Waals surface area contributed by atoms with Crippen LogP contribution in [0.4, 0.5) is 0 Å². The molecule has 0 radical (unpaired) electrons. The van der Waals surface area contributed by atoms with Crippen molar-refractivity contribution in [2.75, 3.05) is 0 Å². The largest absolute Gasteiger partial charge is 0.459 e. The van der Waals surface area contributed by atoms with E-state index in [2.05, 4.69) is 0 Å². The SMILES string of the molecule is CC(C(=O)OC(C)(C)C)C(=O)c1ccc(Cl)c(Cl)c1. The predicted molar refractivity (Wildman–Crippen MR) is 75.8 cm³/mol. The average molecular weight is 303 g/mol. The molecule has 0 aliphatic rings. The Balaban J connectivity index is 2.87. The van der Waals surface area contributed by atoms with E-state index in [1.165, 1.54) is 25.1 Å². The van der Waals surface area contributed by atoms with E-state index in [0.29, 0.717) is 10.6 Å². The third-order valence-electron chi connectivity index (χ3n) is 2.36. The monoisotopic (exact) mass is 302 g/mol. The van der Waals surface area contributed by atoms with Crippen LogP contribution in [0.5, 0.6) is 0 Å². The van der Waals surface area contributed by atoms with E-state index < -0.39 is 17.5 Å². The normalized spacial score (nSPS) is 12.9. The molecule has 3 nitrogen and oxygen atoms in total. The molecule has 19 heavy (non-hydrogen) atoms. The van der Waals surface area contributed by atoms with Gasteiger partial charge in [0, 0.05) is 5.56 Å². The summed E-state index contributed by atoms with van der Waals surface area (Å²) in [5, 5.41) is 0.645. The number of benzene rings is 1. The van der Waals surface area contributed by atoms with Crippen LogP contribution >= 0.6 is 23.2 Å². The summed E-state index contributed by atoms with van der Waals surface area (Å²) >= 11 is 11.6. The molecule has 0 bridgehead atoms. The third-order valence-corrected chi connectivity index (χ3v) is 3.10. The number of carbonyl (C=O) groups excluding carboxylic acids is 2. The third kappa shape index (κ3) is 4.51. The zero-order valence-electron chi connectivity index (χ0n) is 11.3. The van der Waals surface area contributed by atoms with Crippen LogP contribution in [-0.2, 0) is 9.53 Å². The maximum atomic E-state index is 12.1. The number of esters is 1. The van der Waals surface area contributed by atoms with Gasteiger partial charge in [0.15, 0.2) is 5.78 Å². The summed E-state index contributed by atoms with van der Waals surface area (Å²) in [7, 11) is 0. The second kappa shape index (κ2) is 5.93. The Hall–Kier alpha value is -1.06. The minimum Gasteiger partial charge on any atom is -0.459 e. The molecule has 104 valence electrons. The standard InChI is InChI=1S/C14H16Cl2O3/c1-8(13(18)19-14(2,3)4)12(17)9-5-6-10(15)11(16)7-9/h5-8H,1-4H3. The van der Waals surface area contributed by atoms with E-state index in [4.69, 9.17) is 27.9 Å². The van der Waals surface area contributed by atoms with E-state index in [9.17, 15) is 9.59 Å². The molecule has 0 saturated carbocycles. The Bertz CT molecular complexity index is 504. The smallest absolute Gasteiger partial charge is 0.317 e. The predicted octanol–water partition coefficient (Wildman–Crippen LogP) is 4.15. The highest BCUT2D eigenvalue weighted by Crippen LogP contribution is 2.24. The van der Waals surface area contributed by atoms with Crippen LogP contribution in [0.15, 0.2) is 18.2 Å². The number of rotatable bonds is 3. The Labute approximate surface area is 122 Å². The van der Waals surface area contributed by atoms with Crippen molar-refractivity contribution in [2.24, 2.45) is 5.92 Å². The van der Waals surface area contributed by atoms with Crippen molar-refractivity contribution in [3.63, 3.8) is 0 Å². The lowest BCUT2D eigenvalue weighted by Crippen LogP contribution is -2.31. The second-order valence-corrected chi connectivity index (χ2v) is 6.06. The molecule has 0 amide bonds. The summed E-state index contributed by atoms with van der Waals surface area (Å²) in [5.74, 6) is -1.77. The van der Waals surface area contributed by atoms with Crippen molar-refractivity contribution in [2.45, 2.75) is 33.3 Å². The van der Waals surface area contributed by atoms with E-state index in [1.54, 1.807) is 20.8 Å². The molecule has 1 aromatic carbocycles. The molecule has 0 aromatic heterocycles. The molecular weight excluding hydrogens is 287 g/mol. The summed E-state index contributed by atoms with van der Waals surface area (Å²) in [5.41, 5.74) is -0.281. The van der Waals surface area contributed by atoms with Gasteiger partial charge in [-0.3, -0.25) is 9.59 Å². The lowest BCUT2D eigenvalue weighted by Gasteiger charge is -2.21. The summed E-state index contributed by atoms with van der Waals surface area (Å²) < 4.78 is 5.18. The topological polar surface area (TPSA) is 43.4 Å². The van der Waals surface area contributed by atoms with E-state index >= 15 is 0 Å². The average Bonchev–Trinajstić information content (AvgIpc) is 2.28. The number of hydrogen-bond donors (Lipinski definition) is 0. The van der Waals surface area contributed by atoms with Crippen LogP contribution in [-0.4, -0.2) is 17.4 Å². The maximum absolute atomic E-state index is 12.1. The van der Waals surface area contributed by atoms with Crippen molar-refractivity contribution in [3.05, 3.63) is 33.8 Å². The van der Waals surface area contributed by atoms with Gasteiger partial charge < -0.3 is 4.74 Å². The van der Waals surface area contributed by atoms with Crippen LogP contribution in [0, 0.1) is 5.92 Å². The van der Waals surface area contributed by atoms with Gasteiger partial charge in [-0.1, -0.05) is 23.2 Å². The van der Waals surface area contributed by atoms with E-state index in [0.717, 1.165) is 0 Å². The van der Waals surface area contributed by atoms with Gasteiger partial charge in [-0.25, -0.2) is 0 Å². The van der Waals surface area contributed by atoms with Gasteiger partial charge in [-0.2, -0.15) is 0 Å². The highest BCUT2D eigenvalue weighted by atomic mass is 35.5. The first-order valence-corrected chi connectivity index (χ1v) is 6.59. The molecule has 0 aliphatic carbocycles. The molecule has 1 atom stereocenters. The summed E-state index contributed by atoms with van der Waals surface area (Å²) in [4.78, 5) is 24.0. The number of hydrogen-bond acceptors (Lipinski definition) is 3. The zero-order valence-corrected chi connectivity index (χ0v) is 12.8. The highest BCUT2D eigenvalue weighted by Gasteiger charge is 2.28. The van der Waals surface area contributed by atoms with Gasteiger partial charge in [0.05, 0.1) is 10.0 Å². The number of ketones is 1. The molecule has 0 saturated heterocycles. The Morgan fingerprint density at radius 3 is 2.21 bits per heavy atom.